The van der Waals surface area contributed by atoms with Crippen molar-refractivity contribution in [2.75, 3.05) is 32.1 Å². The molecule has 2 aliphatic rings. The summed E-state index contributed by atoms with van der Waals surface area (Å²) in [6.45, 7) is 0.216. The van der Waals surface area contributed by atoms with Gasteiger partial charge in [-0.3, -0.25) is 4.79 Å². The average Bonchev–Trinajstić information content (AvgIpc) is 2.90. The number of piperazine rings is 1. The minimum absolute atomic E-state index is 0.0330. The molecule has 0 bridgehead atoms. The third-order valence-corrected chi connectivity index (χ3v) is 6.81. The monoisotopic (exact) mass is 481 g/mol. The van der Waals surface area contributed by atoms with Gasteiger partial charge >= 0.3 is 6.03 Å². The summed E-state index contributed by atoms with van der Waals surface area (Å²) >= 11 is 0. The number of nitrogens with one attached hydrogen (secondary N) is 1. The maximum atomic E-state index is 13.0. The molecule has 2 N–H and O–H groups in total. The molecule has 0 spiro atoms. The maximum Gasteiger partial charge on any atom is 0.322 e. The Morgan fingerprint density at radius 2 is 1.67 bits per heavy atom. The van der Waals surface area contributed by atoms with Gasteiger partial charge in [0.05, 0.1) is 31.5 Å². The molecule has 182 valence electrons. The number of carbonyl (C=O) groups is 2. The van der Waals surface area contributed by atoms with Gasteiger partial charge in [-0.2, -0.15) is 0 Å². The molecule has 3 aromatic carbocycles. The molecule has 3 amide bonds. The summed E-state index contributed by atoms with van der Waals surface area (Å²) in [5.74, 6) is 6.64. The number of urea groups is 1. The van der Waals surface area contributed by atoms with E-state index >= 15 is 0 Å². The van der Waals surface area contributed by atoms with Crippen LogP contribution >= 0.6 is 0 Å². The lowest BCUT2D eigenvalue weighted by Crippen LogP contribution is -2.73. The normalized spacial score (nSPS) is 20.5. The van der Waals surface area contributed by atoms with E-state index in [9.17, 15) is 14.7 Å². The van der Waals surface area contributed by atoms with Crippen LogP contribution in [0.1, 0.15) is 22.6 Å². The highest BCUT2D eigenvalue weighted by Gasteiger charge is 2.54. The lowest BCUT2D eigenvalue weighted by Gasteiger charge is -2.58. The molecule has 2 saturated heterocycles. The van der Waals surface area contributed by atoms with Crippen molar-refractivity contribution in [3.8, 4) is 17.6 Å². The van der Waals surface area contributed by atoms with Crippen LogP contribution in [0.4, 0.5) is 10.5 Å². The van der Waals surface area contributed by atoms with Crippen LogP contribution in [-0.2, 0) is 4.79 Å². The fourth-order valence-electron chi connectivity index (χ4n) is 5.05. The molecule has 0 radical (unpaired) electrons. The molecule has 0 saturated carbocycles. The van der Waals surface area contributed by atoms with Gasteiger partial charge in [-0.25, -0.2) is 4.79 Å². The lowest BCUT2D eigenvalue weighted by molar-refractivity contribution is -0.159. The van der Waals surface area contributed by atoms with Crippen molar-refractivity contribution in [1.29, 1.82) is 0 Å². The van der Waals surface area contributed by atoms with Crippen LogP contribution in [0.25, 0.3) is 0 Å². The fourth-order valence-corrected chi connectivity index (χ4v) is 5.05. The summed E-state index contributed by atoms with van der Waals surface area (Å²) in [7, 11) is 1.54. The first-order chi connectivity index (χ1) is 17.6. The van der Waals surface area contributed by atoms with Crippen LogP contribution < -0.4 is 10.1 Å². The molecule has 5 rings (SSSR count). The number of carbonyl (C=O) groups excluding carboxylic acids is 2. The van der Waals surface area contributed by atoms with Gasteiger partial charge in [0.2, 0.25) is 5.91 Å². The van der Waals surface area contributed by atoms with Crippen molar-refractivity contribution >= 4 is 17.6 Å². The van der Waals surface area contributed by atoms with Crippen LogP contribution in [0.5, 0.6) is 5.75 Å². The van der Waals surface area contributed by atoms with Crippen LogP contribution in [0.15, 0.2) is 78.9 Å². The quantitative estimate of drug-likeness (QED) is 0.561. The Hall–Kier alpha value is -4.28. The Bertz CT molecular complexity index is 1310. The zero-order chi connectivity index (χ0) is 25.1. The van der Waals surface area contributed by atoms with Gasteiger partial charge in [-0.1, -0.05) is 54.3 Å². The lowest BCUT2D eigenvalue weighted by atomic mass is 9.73. The molecule has 3 aromatic rings. The van der Waals surface area contributed by atoms with Gasteiger partial charge in [0.1, 0.15) is 12.3 Å². The first kappa shape index (κ1) is 23.5. The second-order valence-electron chi connectivity index (χ2n) is 8.89. The van der Waals surface area contributed by atoms with Crippen LogP contribution in [0.2, 0.25) is 0 Å². The van der Waals surface area contributed by atoms with E-state index in [-0.39, 0.29) is 43.1 Å². The zero-order valence-electron chi connectivity index (χ0n) is 19.9. The molecule has 0 aliphatic carbocycles. The summed E-state index contributed by atoms with van der Waals surface area (Å²) in [5, 5.41) is 12.9. The number of para-hydroxylation sites is 2. The molecule has 0 unspecified atom stereocenters. The van der Waals surface area contributed by atoms with E-state index < -0.39 is 0 Å². The number of nitrogens with zero attached hydrogens (tertiary/aromatic N) is 2. The Kier molecular flexibility index (Phi) is 6.61. The molecule has 2 fully saturated rings. The van der Waals surface area contributed by atoms with Crippen molar-refractivity contribution in [2.45, 2.75) is 18.0 Å². The van der Waals surface area contributed by atoms with Gasteiger partial charge in [-0.05, 0) is 42.0 Å². The minimum Gasteiger partial charge on any atom is -0.495 e. The third kappa shape index (κ3) is 4.51. The number of rotatable bonds is 4. The van der Waals surface area contributed by atoms with E-state index in [1.165, 1.54) is 4.90 Å². The number of benzene rings is 3. The Balaban J connectivity index is 1.31. The summed E-state index contributed by atoms with van der Waals surface area (Å²) in [6.07, 6.45) is 0. The highest BCUT2D eigenvalue weighted by Crippen LogP contribution is 2.43. The molecule has 2 aliphatic heterocycles. The van der Waals surface area contributed by atoms with E-state index in [2.05, 4.69) is 17.2 Å². The largest absolute Gasteiger partial charge is 0.495 e. The maximum absolute atomic E-state index is 13.0. The van der Waals surface area contributed by atoms with Gasteiger partial charge < -0.3 is 25.0 Å². The van der Waals surface area contributed by atoms with Gasteiger partial charge in [0.15, 0.2) is 0 Å². The zero-order valence-corrected chi connectivity index (χ0v) is 19.9. The van der Waals surface area contributed by atoms with Gasteiger partial charge in [0.25, 0.3) is 0 Å². The summed E-state index contributed by atoms with van der Waals surface area (Å²) < 4.78 is 5.31. The first-order valence-electron chi connectivity index (χ1n) is 11.9. The van der Waals surface area contributed by atoms with Gasteiger partial charge in [0, 0.05) is 23.6 Å². The second kappa shape index (κ2) is 10.1. The number of fused-ring (bicyclic) bond motifs is 1. The minimum atomic E-state index is -0.356. The number of amides is 3. The van der Waals surface area contributed by atoms with Crippen molar-refractivity contribution < 1.29 is 19.4 Å². The predicted molar refractivity (Wildman–Crippen MR) is 137 cm³/mol. The topological polar surface area (TPSA) is 82.1 Å². The van der Waals surface area contributed by atoms with Crippen molar-refractivity contribution in [3.05, 3.63) is 95.6 Å². The van der Waals surface area contributed by atoms with Crippen molar-refractivity contribution in [2.24, 2.45) is 0 Å². The molecule has 2 heterocycles. The number of hydrogen-bond acceptors (Lipinski definition) is 4. The van der Waals surface area contributed by atoms with Crippen molar-refractivity contribution in [1.82, 2.24) is 9.80 Å². The van der Waals surface area contributed by atoms with E-state index in [0.29, 0.717) is 18.0 Å². The number of ether oxygens (including phenoxy) is 1. The molecule has 7 heteroatoms. The van der Waals surface area contributed by atoms with E-state index in [4.69, 9.17) is 4.74 Å². The standard InChI is InChI=1S/C29H27N3O4/c1-36-26-10-6-5-9-23(26)30-29(35)31-17-24-28(25(19-33)32(24)27(34)18-31)22-15-13-21(14-16-22)12-11-20-7-3-2-4-8-20/h2-10,13-16,24-25,28,33H,17-19H2,1H3,(H,30,35)/t24-,25+,28+/m0/s1. The number of aliphatic hydroxyl groups excluding tert-OH is 1. The fraction of sp³-hybridized carbons (Fsp3) is 0.241. The molecular weight excluding hydrogens is 454 g/mol. The van der Waals surface area contributed by atoms with Crippen LogP contribution in [0.3, 0.4) is 0 Å². The van der Waals surface area contributed by atoms with Crippen molar-refractivity contribution in [3.63, 3.8) is 0 Å². The van der Waals surface area contributed by atoms with Gasteiger partial charge in [-0.15, -0.1) is 0 Å². The highest BCUT2D eigenvalue weighted by molar-refractivity contribution is 5.94. The summed E-state index contributed by atoms with van der Waals surface area (Å²) in [5.41, 5.74) is 3.39. The molecule has 0 aromatic heterocycles. The Morgan fingerprint density at radius 3 is 2.36 bits per heavy atom. The molecular formula is C29H27N3O4. The SMILES string of the molecule is COc1ccccc1NC(=O)N1CC(=O)N2[C@H](CO)[C@H](c3ccc(C#Cc4ccccc4)cc3)[C@@H]2C1. The molecule has 36 heavy (non-hydrogen) atoms. The average molecular weight is 482 g/mol. The Labute approximate surface area is 210 Å². The highest BCUT2D eigenvalue weighted by atomic mass is 16.5. The predicted octanol–water partition coefficient (Wildman–Crippen LogP) is 3.30. The van der Waals surface area contributed by atoms with Crippen LogP contribution in [0, 0.1) is 11.8 Å². The van der Waals surface area contributed by atoms with E-state index in [0.717, 1.165) is 16.7 Å². The second-order valence-corrected chi connectivity index (χ2v) is 8.89. The third-order valence-electron chi connectivity index (χ3n) is 6.81. The van der Waals surface area contributed by atoms with Crippen LogP contribution in [-0.4, -0.2) is 65.7 Å². The number of methoxy groups -OCH3 is 1. The summed E-state index contributed by atoms with van der Waals surface area (Å²) in [6, 6.07) is 24.0. The number of aliphatic hydroxyl groups is 1. The number of anilines is 1. The summed E-state index contributed by atoms with van der Waals surface area (Å²) in [4.78, 5) is 29.2. The smallest absolute Gasteiger partial charge is 0.322 e. The molecule has 3 atom stereocenters. The number of hydrogen-bond donors (Lipinski definition) is 2. The molecule has 7 nitrogen and oxygen atoms in total. The van der Waals surface area contributed by atoms with E-state index in [1.807, 2.05) is 66.7 Å². The first-order valence-corrected chi connectivity index (χ1v) is 11.9. The van der Waals surface area contributed by atoms with E-state index in [1.54, 1.807) is 24.1 Å². The Morgan fingerprint density at radius 1 is 1.00 bits per heavy atom.